The Labute approximate surface area is 153 Å². The van der Waals surface area contributed by atoms with E-state index in [0.29, 0.717) is 18.7 Å². The third-order valence-corrected chi connectivity index (χ3v) is 6.19. The molecule has 7 heteroatoms. The molecule has 2 aromatic carbocycles. The van der Waals surface area contributed by atoms with E-state index in [1.165, 1.54) is 26.2 Å². The molecule has 0 aliphatic carbocycles. The second-order valence-electron chi connectivity index (χ2n) is 6.51. The molecule has 26 heavy (non-hydrogen) atoms. The molecule has 2 aromatic rings. The van der Waals surface area contributed by atoms with Crippen molar-refractivity contribution in [2.75, 3.05) is 27.2 Å². The van der Waals surface area contributed by atoms with Crippen LogP contribution in [0, 0.1) is 5.92 Å². The molecule has 0 fully saturated rings. The van der Waals surface area contributed by atoms with Crippen LogP contribution in [0.5, 0.6) is 5.75 Å². The molecule has 0 radical (unpaired) electrons. The van der Waals surface area contributed by atoms with Gasteiger partial charge in [-0.1, -0.05) is 24.3 Å². The summed E-state index contributed by atoms with van der Waals surface area (Å²) in [4.78, 5) is 12.5. The van der Waals surface area contributed by atoms with Crippen molar-refractivity contribution in [1.82, 2.24) is 9.62 Å². The Morgan fingerprint density at radius 2 is 1.96 bits per heavy atom. The summed E-state index contributed by atoms with van der Waals surface area (Å²) in [6, 6.07) is 14.0. The summed E-state index contributed by atoms with van der Waals surface area (Å²) in [7, 11) is -0.646. The number of sulfonamides is 1. The highest BCUT2D eigenvalue weighted by atomic mass is 32.2. The highest BCUT2D eigenvalue weighted by Gasteiger charge is 2.21. The van der Waals surface area contributed by atoms with Gasteiger partial charge < -0.3 is 10.1 Å². The molecule has 1 N–H and O–H groups in total. The van der Waals surface area contributed by atoms with Crippen LogP contribution in [-0.2, 0) is 16.4 Å². The molecule has 0 saturated carbocycles. The largest absolute Gasteiger partial charge is 0.493 e. The van der Waals surface area contributed by atoms with E-state index in [9.17, 15) is 13.2 Å². The van der Waals surface area contributed by atoms with Crippen molar-refractivity contribution in [2.24, 2.45) is 5.92 Å². The minimum Gasteiger partial charge on any atom is -0.493 e. The molecule has 1 aliphatic heterocycles. The molecule has 6 nitrogen and oxygen atoms in total. The summed E-state index contributed by atoms with van der Waals surface area (Å²) in [5.41, 5.74) is 1.46. The quantitative estimate of drug-likeness (QED) is 0.868. The van der Waals surface area contributed by atoms with E-state index in [0.717, 1.165) is 22.0 Å². The minimum absolute atomic E-state index is 0.102. The number of ether oxygens (including phenoxy) is 1. The molecule has 0 unspecified atom stereocenters. The molecule has 0 aromatic heterocycles. The van der Waals surface area contributed by atoms with Gasteiger partial charge in [-0.25, -0.2) is 12.7 Å². The molecule has 0 bridgehead atoms. The zero-order valence-electron chi connectivity index (χ0n) is 14.8. The SMILES string of the molecule is CN(C)S(=O)(=O)c1cccc(C(=O)NC[C@@H]2COc3ccccc3C2)c1. The Hall–Kier alpha value is -2.38. The lowest BCUT2D eigenvalue weighted by Gasteiger charge is -2.25. The van der Waals surface area contributed by atoms with Crippen molar-refractivity contribution in [3.63, 3.8) is 0 Å². The van der Waals surface area contributed by atoms with Crippen molar-refractivity contribution < 1.29 is 17.9 Å². The third kappa shape index (κ3) is 3.89. The van der Waals surface area contributed by atoms with Gasteiger partial charge in [0, 0.05) is 32.1 Å². The number of amides is 1. The van der Waals surface area contributed by atoms with Crippen LogP contribution in [0.15, 0.2) is 53.4 Å². The van der Waals surface area contributed by atoms with E-state index >= 15 is 0 Å². The predicted molar refractivity (Wildman–Crippen MR) is 98.8 cm³/mol. The standard InChI is InChI=1S/C19H22N2O4S/c1-21(2)26(23,24)17-8-5-7-16(11-17)19(22)20-12-14-10-15-6-3-4-9-18(15)25-13-14/h3-9,11,14H,10,12-13H2,1-2H3,(H,20,22)/t14-/m1/s1. The lowest BCUT2D eigenvalue weighted by Crippen LogP contribution is -2.34. The Bertz CT molecular complexity index is 909. The minimum atomic E-state index is -3.57. The normalized spacial score (nSPS) is 16.7. The van der Waals surface area contributed by atoms with Crippen molar-refractivity contribution in [3.8, 4) is 5.75 Å². The summed E-state index contributed by atoms with van der Waals surface area (Å²) in [5, 5.41) is 2.88. The number of nitrogens with one attached hydrogen (secondary N) is 1. The number of benzene rings is 2. The van der Waals surface area contributed by atoms with Gasteiger partial charge in [-0.05, 0) is 36.2 Å². The van der Waals surface area contributed by atoms with Gasteiger partial charge in [0.2, 0.25) is 10.0 Å². The second-order valence-corrected chi connectivity index (χ2v) is 8.67. The lowest BCUT2D eigenvalue weighted by molar-refractivity contribution is 0.0939. The monoisotopic (exact) mass is 374 g/mol. The maximum absolute atomic E-state index is 12.4. The number of para-hydroxylation sites is 1. The van der Waals surface area contributed by atoms with Crippen LogP contribution in [0.2, 0.25) is 0 Å². The first-order valence-electron chi connectivity index (χ1n) is 8.39. The van der Waals surface area contributed by atoms with Gasteiger partial charge in [-0.15, -0.1) is 0 Å². The topological polar surface area (TPSA) is 75.7 Å². The highest BCUT2D eigenvalue weighted by Crippen LogP contribution is 2.26. The van der Waals surface area contributed by atoms with Crippen molar-refractivity contribution in [2.45, 2.75) is 11.3 Å². The molecule has 1 atom stereocenters. The maximum Gasteiger partial charge on any atom is 0.251 e. The van der Waals surface area contributed by atoms with Crippen LogP contribution in [0.25, 0.3) is 0 Å². The first-order chi connectivity index (χ1) is 12.4. The summed E-state index contributed by atoms with van der Waals surface area (Å²) in [6.07, 6.45) is 0.839. The lowest BCUT2D eigenvalue weighted by atomic mass is 9.96. The smallest absolute Gasteiger partial charge is 0.251 e. The van der Waals surface area contributed by atoms with Gasteiger partial charge in [-0.2, -0.15) is 0 Å². The predicted octanol–water partition coefficient (Wildman–Crippen LogP) is 1.92. The molecule has 138 valence electrons. The van der Waals surface area contributed by atoms with Crippen molar-refractivity contribution >= 4 is 15.9 Å². The highest BCUT2D eigenvalue weighted by molar-refractivity contribution is 7.89. The first-order valence-corrected chi connectivity index (χ1v) is 9.83. The molecule has 0 spiro atoms. The van der Waals surface area contributed by atoms with E-state index in [1.807, 2.05) is 24.3 Å². The summed E-state index contributed by atoms with van der Waals surface area (Å²) in [5.74, 6) is 0.791. The third-order valence-electron chi connectivity index (χ3n) is 4.38. The number of nitrogens with zero attached hydrogens (tertiary/aromatic N) is 1. The van der Waals surface area contributed by atoms with Crippen molar-refractivity contribution in [1.29, 1.82) is 0 Å². The van der Waals surface area contributed by atoms with Crippen LogP contribution in [0.4, 0.5) is 0 Å². The second kappa shape index (κ2) is 7.47. The number of hydrogen-bond donors (Lipinski definition) is 1. The molecule has 1 amide bonds. The number of rotatable bonds is 5. The Morgan fingerprint density at radius 3 is 2.73 bits per heavy atom. The van der Waals surface area contributed by atoms with Gasteiger partial charge in [0.05, 0.1) is 11.5 Å². The average Bonchev–Trinajstić information content (AvgIpc) is 2.66. The summed E-state index contributed by atoms with van der Waals surface area (Å²) in [6.45, 7) is 1.02. The van der Waals surface area contributed by atoms with Gasteiger partial charge in [0.1, 0.15) is 5.75 Å². The number of hydrogen-bond acceptors (Lipinski definition) is 4. The van der Waals surface area contributed by atoms with Crippen LogP contribution in [0.1, 0.15) is 15.9 Å². The zero-order chi connectivity index (χ0) is 18.7. The molecule has 3 rings (SSSR count). The molecule has 0 saturated heterocycles. The van der Waals surface area contributed by atoms with E-state index in [-0.39, 0.29) is 16.7 Å². The van der Waals surface area contributed by atoms with E-state index < -0.39 is 10.0 Å². The molecular formula is C19H22N2O4S. The average molecular weight is 374 g/mol. The van der Waals surface area contributed by atoms with Crippen LogP contribution < -0.4 is 10.1 Å². The van der Waals surface area contributed by atoms with E-state index in [4.69, 9.17) is 4.74 Å². The van der Waals surface area contributed by atoms with Crippen LogP contribution in [0.3, 0.4) is 0 Å². The van der Waals surface area contributed by atoms with Gasteiger partial charge in [0.25, 0.3) is 5.91 Å². The fourth-order valence-electron chi connectivity index (χ4n) is 2.87. The number of fused-ring (bicyclic) bond motifs is 1. The Kier molecular flexibility index (Phi) is 5.29. The van der Waals surface area contributed by atoms with Crippen molar-refractivity contribution in [3.05, 3.63) is 59.7 Å². The Balaban J connectivity index is 1.65. The van der Waals surface area contributed by atoms with Crippen LogP contribution >= 0.6 is 0 Å². The van der Waals surface area contributed by atoms with Gasteiger partial charge in [-0.3, -0.25) is 4.79 Å². The summed E-state index contributed by atoms with van der Waals surface area (Å²) >= 11 is 0. The summed E-state index contributed by atoms with van der Waals surface area (Å²) < 4.78 is 31.3. The fourth-order valence-corrected chi connectivity index (χ4v) is 3.82. The van der Waals surface area contributed by atoms with E-state index in [1.54, 1.807) is 12.1 Å². The molecule has 1 heterocycles. The number of carbonyl (C=O) groups excluding carboxylic acids is 1. The van der Waals surface area contributed by atoms with Crippen LogP contribution in [-0.4, -0.2) is 45.9 Å². The molecule has 1 aliphatic rings. The zero-order valence-corrected chi connectivity index (χ0v) is 15.6. The Morgan fingerprint density at radius 1 is 1.19 bits per heavy atom. The van der Waals surface area contributed by atoms with Gasteiger partial charge in [0.15, 0.2) is 0 Å². The first kappa shape index (κ1) is 18.4. The van der Waals surface area contributed by atoms with E-state index in [2.05, 4.69) is 5.32 Å². The number of carbonyl (C=O) groups is 1. The van der Waals surface area contributed by atoms with Gasteiger partial charge >= 0.3 is 0 Å². The fraction of sp³-hybridized carbons (Fsp3) is 0.316. The molecular weight excluding hydrogens is 352 g/mol. The maximum atomic E-state index is 12.4.